The van der Waals surface area contributed by atoms with Crippen molar-refractivity contribution in [3.05, 3.63) is 12.2 Å². The second kappa shape index (κ2) is 3.05. The predicted octanol–water partition coefficient (Wildman–Crippen LogP) is 1.51. The summed E-state index contributed by atoms with van der Waals surface area (Å²) >= 11 is 5.17. The van der Waals surface area contributed by atoms with Crippen LogP contribution in [0.5, 0.6) is 0 Å². The van der Waals surface area contributed by atoms with Crippen LogP contribution >= 0.6 is 11.6 Å². The number of hydrogen-bond acceptors (Lipinski definition) is 1. The van der Waals surface area contributed by atoms with Crippen LogP contribution in [0, 0.1) is 0 Å². The zero-order valence-electron chi connectivity index (χ0n) is 4.32. The quantitative estimate of drug-likeness (QED) is 0.433. The molecular weight excluding hydrogens is 112 g/mol. The van der Waals surface area contributed by atoms with Crippen LogP contribution in [-0.2, 0) is 0 Å². The highest BCUT2D eigenvalue weighted by Gasteiger charge is 1.94. The Hall–Kier alpha value is -0.0100. The monoisotopic (exact) mass is 120 g/mol. The lowest BCUT2D eigenvalue weighted by Gasteiger charge is -1.97. The highest BCUT2D eigenvalue weighted by atomic mass is 35.5. The molecule has 1 nitrogen and oxygen atoms in total. The minimum absolute atomic E-state index is 0.488. The lowest BCUT2D eigenvalue weighted by molar-refractivity contribution is 0.257. The molecule has 1 N–H and O–H groups in total. The largest absolute Gasteiger partial charge is 0.377 e. The van der Waals surface area contributed by atoms with E-state index in [1.165, 1.54) is 0 Å². The van der Waals surface area contributed by atoms with Crippen molar-refractivity contribution in [1.82, 2.24) is 0 Å². The third-order valence-corrected chi connectivity index (χ3v) is 0.671. The molecule has 0 fully saturated rings. The molecule has 0 saturated carbocycles. The zero-order chi connectivity index (χ0) is 5.86. The number of alkyl halides is 1. The Labute approximate surface area is 48.6 Å². The summed E-state index contributed by atoms with van der Waals surface area (Å²) in [7, 11) is 0. The summed E-state index contributed by atoms with van der Waals surface area (Å²) in [6, 6.07) is 0. The zero-order valence-corrected chi connectivity index (χ0v) is 5.07. The molecule has 0 aliphatic carbocycles. The first kappa shape index (κ1) is 6.99. The molecule has 1 unspecified atom stereocenters. The van der Waals surface area contributed by atoms with E-state index in [-0.39, 0.29) is 0 Å². The van der Waals surface area contributed by atoms with Crippen LogP contribution in [-0.4, -0.2) is 10.7 Å². The predicted molar refractivity (Wildman–Crippen MR) is 31.3 cm³/mol. The molecule has 7 heavy (non-hydrogen) atoms. The molecule has 2 heteroatoms. The maximum atomic E-state index is 8.43. The van der Waals surface area contributed by atoms with E-state index < -0.39 is 5.56 Å². The van der Waals surface area contributed by atoms with Gasteiger partial charge in [0.05, 0.1) is 0 Å². The fourth-order valence-electron chi connectivity index (χ4n) is 0.288. The summed E-state index contributed by atoms with van der Waals surface area (Å²) in [5, 5.41) is 8.43. The molecule has 0 rings (SSSR count). The van der Waals surface area contributed by atoms with Crippen LogP contribution < -0.4 is 0 Å². The van der Waals surface area contributed by atoms with Crippen molar-refractivity contribution in [2.75, 3.05) is 0 Å². The Morgan fingerprint density at radius 3 is 2.43 bits per heavy atom. The van der Waals surface area contributed by atoms with Gasteiger partial charge in [0.15, 0.2) is 0 Å². The van der Waals surface area contributed by atoms with Crippen molar-refractivity contribution in [3.8, 4) is 0 Å². The molecule has 0 aliphatic heterocycles. The van der Waals surface area contributed by atoms with Gasteiger partial charge in [-0.2, -0.15) is 0 Å². The SMILES string of the molecule is C=C(C)CC(O)Cl. The van der Waals surface area contributed by atoms with Crippen molar-refractivity contribution in [2.45, 2.75) is 18.9 Å². The summed E-state index contributed by atoms with van der Waals surface area (Å²) in [5.41, 5.74) is 0.153. The van der Waals surface area contributed by atoms with Gasteiger partial charge >= 0.3 is 0 Å². The van der Waals surface area contributed by atoms with Gasteiger partial charge in [-0.1, -0.05) is 23.8 Å². The van der Waals surface area contributed by atoms with E-state index in [1.807, 2.05) is 6.92 Å². The number of aliphatic hydroxyl groups excluding tert-OH is 1. The smallest absolute Gasteiger partial charge is 0.131 e. The van der Waals surface area contributed by atoms with Crippen molar-refractivity contribution >= 4 is 11.6 Å². The van der Waals surface area contributed by atoms with Gasteiger partial charge < -0.3 is 5.11 Å². The van der Waals surface area contributed by atoms with Crippen LogP contribution in [0.15, 0.2) is 12.2 Å². The van der Waals surface area contributed by atoms with E-state index in [4.69, 9.17) is 16.7 Å². The van der Waals surface area contributed by atoms with Crippen LogP contribution in [0.25, 0.3) is 0 Å². The minimum atomic E-state index is -0.752. The van der Waals surface area contributed by atoms with Gasteiger partial charge in [-0.3, -0.25) is 0 Å². The van der Waals surface area contributed by atoms with Crippen LogP contribution in [0.3, 0.4) is 0 Å². The lowest BCUT2D eigenvalue weighted by atomic mass is 10.3. The van der Waals surface area contributed by atoms with Gasteiger partial charge in [0.1, 0.15) is 5.56 Å². The average molecular weight is 121 g/mol. The second-order valence-electron chi connectivity index (χ2n) is 1.60. The van der Waals surface area contributed by atoms with E-state index in [9.17, 15) is 0 Å². The van der Waals surface area contributed by atoms with E-state index in [1.54, 1.807) is 0 Å². The van der Waals surface area contributed by atoms with Crippen LogP contribution in [0.4, 0.5) is 0 Å². The molecule has 1 atom stereocenters. The topological polar surface area (TPSA) is 20.2 Å². The first-order chi connectivity index (χ1) is 3.13. The molecule has 0 aromatic carbocycles. The molecule has 0 aromatic rings. The molecule has 0 bridgehead atoms. The molecule has 0 heterocycles. The molecule has 0 aliphatic rings. The Balaban J connectivity index is 3.13. The minimum Gasteiger partial charge on any atom is -0.377 e. The first-order valence-electron chi connectivity index (χ1n) is 2.09. The molecule has 0 spiro atoms. The summed E-state index contributed by atoms with van der Waals surface area (Å²) in [6.45, 7) is 5.38. The Kier molecular flexibility index (Phi) is 3.05. The molecule has 0 amide bonds. The Morgan fingerprint density at radius 1 is 2.00 bits per heavy atom. The van der Waals surface area contributed by atoms with Crippen molar-refractivity contribution in [3.63, 3.8) is 0 Å². The highest BCUT2D eigenvalue weighted by molar-refractivity contribution is 6.19. The maximum absolute atomic E-state index is 8.43. The van der Waals surface area contributed by atoms with Crippen LogP contribution in [0.2, 0.25) is 0 Å². The van der Waals surface area contributed by atoms with Crippen molar-refractivity contribution in [2.24, 2.45) is 0 Å². The summed E-state index contributed by atoms with van der Waals surface area (Å²) < 4.78 is 0. The van der Waals surface area contributed by atoms with E-state index in [2.05, 4.69) is 6.58 Å². The number of hydrogen-bond donors (Lipinski definition) is 1. The van der Waals surface area contributed by atoms with E-state index in [0.29, 0.717) is 6.42 Å². The number of rotatable bonds is 2. The standard InChI is InChI=1S/C5H9ClO/c1-4(2)3-5(6)7/h5,7H,1,3H2,2H3. The van der Waals surface area contributed by atoms with Gasteiger partial charge in [-0.25, -0.2) is 0 Å². The van der Waals surface area contributed by atoms with Crippen LogP contribution in [0.1, 0.15) is 13.3 Å². The lowest BCUT2D eigenvalue weighted by Crippen LogP contribution is -1.93. The molecular formula is C5H9ClO. The van der Waals surface area contributed by atoms with Gasteiger partial charge in [0, 0.05) is 6.42 Å². The number of halogens is 1. The summed E-state index contributed by atoms with van der Waals surface area (Å²) in [4.78, 5) is 0. The third-order valence-electron chi connectivity index (χ3n) is 0.517. The summed E-state index contributed by atoms with van der Waals surface area (Å²) in [5.74, 6) is 0. The van der Waals surface area contributed by atoms with E-state index in [0.717, 1.165) is 5.57 Å². The number of aliphatic hydroxyl groups is 1. The Bertz CT molecular complexity index is 68.5. The average Bonchev–Trinajstić information content (AvgIpc) is 1.27. The fourth-order valence-corrected chi connectivity index (χ4v) is 0.551. The van der Waals surface area contributed by atoms with Gasteiger partial charge in [0.2, 0.25) is 0 Å². The van der Waals surface area contributed by atoms with E-state index >= 15 is 0 Å². The molecule has 0 aromatic heterocycles. The highest BCUT2D eigenvalue weighted by Crippen LogP contribution is 2.03. The molecule has 42 valence electrons. The van der Waals surface area contributed by atoms with Crippen molar-refractivity contribution in [1.29, 1.82) is 0 Å². The van der Waals surface area contributed by atoms with Crippen molar-refractivity contribution < 1.29 is 5.11 Å². The first-order valence-corrected chi connectivity index (χ1v) is 2.53. The normalized spacial score (nSPS) is 13.6. The van der Waals surface area contributed by atoms with Gasteiger partial charge in [-0.05, 0) is 6.92 Å². The fraction of sp³-hybridized carbons (Fsp3) is 0.600. The maximum Gasteiger partial charge on any atom is 0.131 e. The molecule has 0 radical (unpaired) electrons. The van der Waals surface area contributed by atoms with Gasteiger partial charge in [-0.15, -0.1) is 0 Å². The van der Waals surface area contributed by atoms with Gasteiger partial charge in [0.25, 0.3) is 0 Å². The second-order valence-corrected chi connectivity index (χ2v) is 2.10. The Morgan fingerprint density at radius 2 is 2.43 bits per heavy atom. The summed E-state index contributed by atoms with van der Waals surface area (Å²) in [6.07, 6.45) is 0.488. The third kappa shape index (κ3) is 5.99. The molecule has 0 saturated heterocycles.